The normalized spacial score (nSPS) is 21.9. The second-order valence-electron chi connectivity index (χ2n) is 8.50. The highest BCUT2D eigenvalue weighted by molar-refractivity contribution is 5.83. The Balaban J connectivity index is 0.000000318. The third-order valence-corrected chi connectivity index (χ3v) is 5.81. The van der Waals surface area contributed by atoms with E-state index in [0.29, 0.717) is 11.9 Å². The highest BCUT2D eigenvalue weighted by Gasteiger charge is 2.41. The number of nitrogens with zero attached hydrogens (tertiary/aromatic N) is 4. The summed E-state index contributed by atoms with van der Waals surface area (Å²) in [5, 5.41) is 7.12. The zero-order valence-corrected chi connectivity index (χ0v) is 17.4. The molecule has 0 spiro atoms. The van der Waals surface area contributed by atoms with Gasteiger partial charge in [0.15, 0.2) is 0 Å². The summed E-state index contributed by atoms with van der Waals surface area (Å²) in [5.41, 5.74) is 2.31. The van der Waals surface area contributed by atoms with Crippen molar-refractivity contribution in [3.8, 4) is 0 Å². The second-order valence-corrected chi connectivity index (χ2v) is 8.50. The first-order valence-corrected chi connectivity index (χ1v) is 10.5. The van der Waals surface area contributed by atoms with E-state index in [4.69, 9.17) is 9.90 Å². The summed E-state index contributed by atoms with van der Waals surface area (Å²) in [6.45, 7) is 8.27. The van der Waals surface area contributed by atoms with E-state index >= 15 is 0 Å². The van der Waals surface area contributed by atoms with Crippen molar-refractivity contribution in [3.63, 3.8) is 0 Å². The van der Waals surface area contributed by atoms with Crippen molar-refractivity contribution in [2.45, 2.75) is 64.2 Å². The highest BCUT2D eigenvalue weighted by atomic mass is 19.4. The van der Waals surface area contributed by atoms with Gasteiger partial charge in [-0.2, -0.15) is 13.2 Å². The molecule has 30 heavy (non-hydrogen) atoms. The maximum absolute atomic E-state index is 13.3. The van der Waals surface area contributed by atoms with Gasteiger partial charge in [0.1, 0.15) is 6.04 Å². The molecule has 1 aromatic heterocycles. The third kappa shape index (κ3) is 5.14. The number of imidazole rings is 1. The lowest BCUT2D eigenvalue weighted by Gasteiger charge is -2.37. The van der Waals surface area contributed by atoms with Crippen molar-refractivity contribution in [1.29, 1.82) is 0 Å². The van der Waals surface area contributed by atoms with Gasteiger partial charge in [0.2, 0.25) is 5.91 Å². The van der Waals surface area contributed by atoms with Gasteiger partial charge in [-0.3, -0.25) is 9.69 Å². The number of carboxylic acids is 1. The minimum Gasteiger partial charge on any atom is -0.475 e. The van der Waals surface area contributed by atoms with Crippen LogP contribution in [0.2, 0.25) is 0 Å². The number of aromatic nitrogens is 2. The quantitative estimate of drug-likeness (QED) is 0.795. The van der Waals surface area contributed by atoms with Gasteiger partial charge in [-0.15, -0.1) is 0 Å². The predicted octanol–water partition coefficient (Wildman–Crippen LogP) is 3.03. The van der Waals surface area contributed by atoms with Gasteiger partial charge in [0.05, 0.1) is 17.7 Å². The molecule has 7 nitrogen and oxygen atoms in total. The third-order valence-electron chi connectivity index (χ3n) is 5.81. The van der Waals surface area contributed by atoms with Gasteiger partial charge < -0.3 is 14.6 Å². The lowest BCUT2D eigenvalue weighted by atomic mass is 10.00. The monoisotopic (exact) mass is 430 g/mol. The summed E-state index contributed by atoms with van der Waals surface area (Å²) in [7, 11) is 0. The number of carboxylic acid groups (broad SMARTS) is 1. The Hall–Kier alpha value is -2.10. The largest absolute Gasteiger partial charge is 0.490 e. The zero-order chi connectivity index (χ0) is 22.1. The Bertz CT molecular complexity index is 768. The van der Waals surface area contributed by atoms with E-state index in [1.165, 1.54) is 18.5 Å². The minimum absolute atomic E-state index is 0.109. The lowest BCUT2D eigenvalue weighted by Crippen LogP contribution is -2.47. The Labute approximate surface area is 173 Å². The minimum atomic E-state index is -5.08. The highest BCUT2D eigenvalue weighted by Crippen LogP contribution is 2.37. The summed E-state index contributed by atoms with van der Waals surface area (Å²) in [6, 6.07) is 0.239. The van der Waals surface area contributed by atoms with Crippen molar-refractivity contribution in [2.24, 2.45) is 5.92 Å². The lowest BCUT2D eigenvalue weighted by molar-refractivity contribution is -0.192. The number of halogens is 3. The summed E-state index contributed by atoms with van der Waals surface area (Å²) in [5.74, 6) is -1.64. The SMILES string of the molecule is CC(C)n1cnc2c1C(C(=O)N1CCCC1)N(CC1CC1)CC2.O=C(O)C(F)(F)F. The van der Waals surface area contributed by atoms with Crippen LogP contribution in [0.5, 0.6) is 0 Å². The first-order chi connectivity index (χ1) is 14.1. The van der Waals surface area contributed by atoms with Crippen LogP contribution in [-0.2, 0) is 16.0 Å². The standard InChI is InChI=1S/C18H28N4O.C2HF3O2/c1-13(2)22-12-19-15-7-10-21(11-14-5-6-14)17(16(15)22)18(23)20-8-3-4-9-20;3-2(4,5)1(6)7/h12-14,17H,3-11H2,1-2H3;(H,6,7). The molecule has 1 saturated carbocycles. The number of aliphatic carboxylic acids is 1. The van der Waals surface area contributed by atoms with Gasteiger partial charge in [0, 0.05) is 38.6 Å². The predicted molar refractivity (Wildman–Crippen MR) is 103 cm³/mol. The Morgan fingerprint density at radius 2 is 1.80 bits per heavy atom. The number of likely N-dealkylation sites (tertiary alicyclic amines) is 1. The van der Waals surface area contributed by atoms with Crippen LogP contribution in [0.15, 0.2) is 6.33 Å². The summed E-state index contributed by atoms with van der Waals surface area (Å²) >= 11 is 0. The molecule has 1 atom stereocenters. The molecule has 3 heterocycles. The Morgan fingerprint density at radius 1 is 1.20 bits per heavy atom. The number of rotatable bonds is 4. The average Bonchev–Trinajstić information content (AvgIpc) is 3.16. The van der Waals surface area contributed by atoms with Crippen LogP contribution in [0.3, 0.4) is 0 Å². The molecule has 4 rings (SSSR count). The fourth-order valence-corrected chi connectivity index (χ4v) is 4.08. The summed E-state index contributed by atoms with van der Waals surface area (Å²) in [6.07, 6.45) is 2.80. The van der Waals surface area contributed by atoms with E-state index in [1.807, 2.05) is 6.33 Å². The summed E-state index contributed by atoms with van der Waals surface area (Å²) < 4.78 is 34.0. The van der Waals surface area contributed by atoms with Crippen molar-refractivity contribution in [1.82, 2.24) is 19.4 Å². The molecule has 1 amide bonds. The van der Waals surface area contributed by atoms with Crippen LogP contribution in [0.25, 0.3) is 0 Å². The topological polar surface area (TPSA) is 78.7 Å². The van der Waals surface area contributed by atoms with Gasteiger partial charge in [-0.1, -0.05) is 0 Å². The number of hydrogen-bond donors (Lipinski definition) is 1. The number of fused-ring (bicyclic) bond motifs is 1. The average molecular weight is 430 g/mol. The molecule has 1 unspecified atom stereocenters. The Kier molecular flexibility index (Phi) is 6.74. The molecule has 10 heteroatoms. The fraction of sp³-hybridized carbons (Fsp3) is 0.750. The molecular weight excluding hydrogens is 401 g/mol. The van der Waals surface area contributed by atoms with Crippen LogP contribution >= 0.6 is 0 Å². The first-order valence-electron chi connectivity index (χ1n) is 10.5. The van der Waals surface area contributed by atoms with Crippen LogP contribution in [0.1, 0.15) is 63.0 Å². The fourth-order valence-electron chi connectivity index (χ4n) is 4.08. The molecule has 0 bridgehead atoms. The summed E-state index contributed by atoms with van der Waals surface area (Å²) in [4.78, 5) is 31.3. The number of hydrogen-bond acceptors (Lipinski definition) is 4. The maximum atomic E-state index is 13.3. The van der Waals surface area contributed by atoms with Crippen molar-refractivity contribution >= 4 is 11.9 Å². The van der Waals surface area contributed by atoms with Gasteiger partial charge in [-0.25, -0.2) is 9.78 Å². The van der Waals surface area contributed by atoms with E-state index < -0.39 is 12.1 Å². The number of alkyl halides is 3. The number of carbonyl (C=O) groups excluding carboxylic acids is 1. The van der Waals surface area contributed by atoms with Crippen molar-refractivity contribution in [3.05, 3.63) is 17.7 Å². The van der Waals surface area contributed by atoms with E-state index in [0.717, 1.165) is 57.1 Å². The zero-order valence-electron chi connectivity index (χ0n) is 17.4. The van der Waals surface area contributed by atoms with E-state index in [1.54, 1.807) is 0 Å². The van der Waals surface area contributed by atoms with Crippen LogP contribution in [-0.4, -0.2) is 68.7 Å². The smallest absolute Gasteiger partial charge is 0.475 e. The second kappa shape index (κ2) is 8.95. The molecule has 1 aliphatic carbocycles. The van der Waals surface area contributed by atoms with Crippen LogP contribution in [0.4, 0.5) is 13.2 Å². The van der Waals surface area contributed by atoms with Gasteiger partial charge in [0.25, 0.3) is 0 Å². The number of carbonyl (C=O) groups is 2. The van der Waals surface area contributed by atoms with Crippen LogP contribution < -0.4 is 0 Å². The molecule has 1 N–H and O–H groups in total. The van der Waals surface area contributed by atoms with Crippen molar-refractivity contribution < 1.29 is 27.9 Å². The molecular formula is C20H29F3N4O3. The van der Waals surface area contributed by atoms with Gasteiger partial charge in [-0.05, 0) is 45.4 Å². The van der Waals surface area contributed by atoms with E-state index in [9.17, 15) is 18.0 Å². The first kappa shape index (κ1) is 22.6. The molecule has 0 aromatic carbocycles. The molecule has 1 aromatic rings. The molecule has 0 radical (unpaired) electrons. The molecule has 168 valence electrons. The molecule has 2 aliphatic heterocycles. The van der Waals surface area contributed by atoms with Crippen LogP contribution in [0, 0.1) is 5.92 Å². The van der Waals surface area contributed by atoms with Gasteiger partial charge >= 0.3 is 12.1 Å². The van der Waals surface area contributed by atoms with Crippen molar-refractivity contribution in [2.75, 3.05) is 26.2 Å². The van der Waals surface area contributed by atoms with E-state index in [2.05, 4.69) is 33.2 Å². The van der Waals surface area contributed by atoms with E-state index in [-0.39, 0.29) is 6.04 Å². The Morgan fingerprint density at radius 3 is 2.30 bits per heavy atom. The maximum Gasteiger partial charge on any atom is 0.490 e. The number of amides is 1. The molecule has 2 fully saturated rings. The molecule has 3 aliphatic rings. The molecule has 1 saturated heterocycles.